The van der Waals surface area contributed by atoms with Gasteiger partial charge in [-0.1, -0.05) is 11.6 Å². The Hall–Kier alpha value is -0.300. The molecule has 0 aromatic carbocycles. The fourth-order valence-electron chi connectivity index (χ4n) is 0.526. The summed E-state index contributed by atoms with van der Waals surface area (Å²) in [6.45, 7) is 2.13. The number of nitrogens with one attached hydrogen (secondary N) is 1. The summed E-state index contributed by atoms with van der Waals surface area (Å²) in [4.78, 5) is 0. The molecule has 0 radical (unpaired) electrons. The fourth-order valence-corrected chi connectivity index (χ4v) is 0.526. The first-order chi connectivity index (χ1) is 2.84. The third-order valence-corrected chi connectivity index (χ3v) is 1.12. The van der Waals surface area contributed by atoms with Crippen molar-refractivity contribution in [3.05, 3.63) is 11.6 Å². The lowest BCUT2D eigenvalue weighted by Gasteiger charge is -1.87. The van der Waals surface area contributed by atoms with E-state index in [0.29, 0.717) is 6.04 Å². The summed E-state index contributed by atoms with van der Waals surface area (Å²) in [7, 11) is 1.97. The molecule has 0 aliphatic heterocycles. The molecule has 1 unspecified atom stereocenters. The van der Waals surface area contributed by atoms with Crippen LogP contribution in [0.25, 0.3) is 0 Å². The molecule has 1 rings (SSSR count). The van der Waals surface area contributed by atoms with E-state index >= 15 is 0 Å². The zero-order valence-corrected chi connectivity index (χ0v) is 4.15. The standard InChI is InChI=1S/C5H9N/c1-4-3-5(4)6-2/h3,5-6H,1-2H3. The second-order valence-electron chi connectivity index (χ2n) is 1.68. The minimum absolute atomic E-state index is 0.644. The van der Waals surface area contributed by atoms with Gasteiger partial charge in [0.1, 0.15) is 0 Å². The lowest BCUT2D eigenvalue weighted by molar-refractivity contribution is 0.839. The molecule has 1 aliphatic rings. The highest BCUT2D eigenvalue weighted by atomic mass is 14.9. The molecule has 34 valence electrons. The van der Waals surface area contributed by atoms with Crippen molar-refractivity contribution in [3.63, 3.8) is 0 Å². The molecule has 0 aromatic rings. The predicted octanol–water partition coefficient (Wildman–Crippen LogP) is 0.534. The Balaban J connectivity index is 2.18. The van der Waals surface area contributed by atoms with Gasteiger partial charge in [-0.2, -0.15) is 0 Å². The van der Waals surface area contributed by atoms with Crippen molar-refractivity contribution in [1.82, 2.24) is 5.32 Å². The van der Waals surface area contributed by atoms with Gasteiger partial charge in [-0.15, -0.1) is 0 Å². The van der Waals surface area contributed by atoms with E-state index in [1.165, 1.54) is 5.57 Å². The Bertz CT molecular complexity index is 83.9. The highest BCUT2D eigenvalue weighted by molar-refractivity contribution is 5.31. The van der Waals surface area contributed by atoms with Crippen molar-refractivity contribution in [3.8, 4) is 0 Å². The maximum atomic E-state index is 3.10. The van der Waals surface area contributed by atoms with Gasteiger partial charge in [0.25, 0.3) is 0 Å². The number of hydrogen-bond donors (Lipinski definition) is 1. The highest BCUT2D eigenvalue weighted by Crippen LogP contribution is 2.16. The van der Waals surface area contributed by atoms with E-state index in [9.17, 15) is 0 Å². The van der Waals surface area contributed by atoms with Gasteiger partial charge in [0.15, 0.2) is 0 Å². The highest BCUT2D eigenvalue weighted by Gasteiger charge is 2.15. The first kappa shape index (κ1) is 3.88. The van der Waals surface area contributed by atoms with Gasteiger partial charge < -0.3 is 5.32 Å². The molecule has 0 saturated heterocycles. The molecule has 0 amide bonds. The zero-order chi connectivity index (χ0) is 4.57. The molecule has 0 aromatic heterocycles. The lowest BCUT2D eigenvalue weighted by Crippen LogP contribution is -2.10. The lowest BCUT2D eigenvalue weighted by atomic mass is 10.5. The van der Waals surface area contributed by atoms with Gasteiger partial charge in [-0.3, -0.25) is 0 Å². The molecule has 6 heavy (non-hydrogen) atoms. The predicted molar refractivity (Wildman–Crippen MR) is 26.6 cm³/mol. The van der Waals surface area contributed by atoms with Gasteiger partial charge in [0.2, 0.25) is 0 Å². The van der Waals surface area contributed by atoms with E-state index in [0.717, 1.165) is 0 Å². The van der Waals surface area contributed by atoms with Crippen molar-refractivity contribution in [2.24, 2.45) is 0 Å². The SMILES string of the molecule is CNC1C=C1C. The first-order valence-corrected chi connectivity index (χ1v) is 2.20. The molecule has 0 spiro atoms. The second kappa shape index (κ2) is 1.09. The summed E-state index contributed by atoms with van der Waals surface area (Å²) in [5.41, 5.74) is 1.47. The van der Waals surface area contributed by atoms with Crippen LogP contribution in [0.2, 0.25) is 0 Å². The second-order valence-corrected chi connectivity index (χ2v) is 1.68. The Kier molecular flexibility index (Phi) is 0.701. The van der Waals surface area contributed by atoms with Crippen LogP contribution in [-0.2, 0) is 0 Å². The molecule has 1 nitrogen and oxygen atoms in total. The number of rotatable bonds is 1. The Morgan fingerprint density at radius 1 is 1.83 bits per heavy atom. The molecule has 0 heterocycles. The average molecular weight is 83.1 g/mol. The molecule has 0 fully saturated rings. The van der Waals surface area contributed by atoms with Crippen LogP contribution in [0.4, 0.5) is 0 Å². The molecule has 0 saturated carbocycles. The van der Waals surface area contributed by atoms with Crippen LogP contribution in [0, 0.1) is 0 Å². The normalized spacial score (nSPS) is 29.7. The summed E-state index contributed by atoms with van der Waals surface area (Å²) < 4.78 is 0. The van der Waals surface area contributed by atoms with Crippen LogP contribution >= 0.6 is 0 Å². The van der Waals surface area contributed by atoms with E-state index in [1.54, 1.807) is 0 Å². The Labute approximate surface area is 38.1 Å². The summed E-state index contributed by atoms with van der Waals surface area (Å²) in [5, 5.41) is 3.10. The quantitative estimate of drug-likeness (QED) is 0.456. The molecule has 1 aliphatic carbocycles. The zero-order valence-electron chi connectivity index (χ0n) is 4.15. The van der Waals surface area contributed by atoms with Gasteiger partial charge in [-0.25, -0.2) is 0 Å². The smallest absolute Gasteiger partial charge is 0.0464 e. The van der Waals surface area contributed by atoms with Crippen molar-refractivity contribution >= 4 is 0 Å². The van der Waals surface area contributed by atoms with Gasteiger partial charge in [-0.05, 0) is 14.0 Å². The Morgan fingerprint density at radius 2 is 2.33 bits per heavy atom. The van der Waals surface area contributed by atoms with Crippen LogP contribution < -0.4 is 5.32 Å². The molecule has 1 N–H and O–H groups in total. The van der Waals surface area contributed by atoms with Gasteiger partial charge in [0.05, 0.1) is 0 Å². The van der Waals surface area contributed by atoms with Crippen LogP contribution in [-0.4, -0.2) is 13.1 Å². The maximum absolute atomic E-state index is 3.10. The van der Waals surface area contributed by atoms with Crippen molar-refractivity contribution < 1.29 is 0 Å². The summed E-state index contributed by atoms with van der Waals surface area (Å²) in [6.07, 6.45) is 2.19. The van der Waals surface area contributed by atoms with Crippen LogP contribution in [0.3, 0.4) is 0 Å². The molecular formula is C5H9N. The minimum atomic E-state index is 0.644. The molecular weight excluding hydrogens is 74.1 g/mol. The van der Waals surface area contributed by atoms with E-state index in [2.05, 4.69) is 18.3 Å². The number of hydrogen-bond acceptors (Lipinski definition) is 1. The van der Waals surface area contributed by atoms with E-state index in [4.69, 9.17) is 0 Å². The summed E-state index contributed by atoms with van der Waals surface area (Å²) in [5.74, 6) is 0. The van der Waals surface area contributed by atoms with Crippen molar-refractivity contribution in [2.45, 2.75) is 13.0 Å². The van der Waals surface area contributed by atoms with E-state index in [1.807, 2.05) is 7.05 Å². The largest absolute Gasteiger partial charge is 0.310 e. The topological polar surface area (TPSA) is 12.0 Å². The molecule has 0 bridgehead atoms. The van der Waals surface area contributed by atoms with E-state index < -0.39 is 0 Å². The van der Waals surface area contributed by atoms with Gasteiger partial charge in [0, 0.05) is 6.04 Å². The summed E-state index contributed by atoms with van der Waals surface area (Å²) >= 11 is 0. The average Bonchev–Trinajstić information content (AvgIpc) is 2.19. The van der Waals surface area contributed by atoms with Crippen molar-refractivity contribution in [1.29, 1.82) is 0 Å². The molecule has 1 atom stereocenters. The monoisotopic (exact) mass is 83.1 g/mol. The number of likely N-dealkylation sites (N-methyl/N-ethyl adjacent to an activating group) is 1. The van der Waals surface area contributed by atoms with Crippen LogP contribution in [0.5, 0.6) is 0 Å². The molecule has 1 heteroatoms. The van der Waals surface area contributed by atoms with E-state index in [-0.39, 0.29) is 0 Å². The van der Waals surface area contributed by atoms with Gasteiger partial charge >= 0.3 is 0 Å². The van der Waals surface area contributed by atoms with Crippen LogP contribution in [0.15, 0.2) is 11.6 Å². The maximum Gasteiger partial charge on any atom is 0.0464 e. The third kappa shape index (κ3) is 0.455. The fraction of sp³-hybridized carbons (Fsp3) is 0.600. The minimum Gasteiger partial charge on any atom is -0.310 e. The third-order valence-electron chi connectivity index (χ3n) is 1.12. The van der Waals surface area contributed by atoms with Crippen LogP contribution in [0.1, 0.15) is 6.92 Å². The van der Waals surface area contributed by atoms with Crippen molar-refractivity contribution in [2.75, 3.05) is 7.05 Å². The first-order valence-electron chi connectivity index (χ1n) is 2.20. The summed E-state index contributed by atoms with van der Waals surface area (Å²) in [6, 6.07) is 0.644. The Morgan fingerprint density at radius 3 is 2.33 bits per heavy atom.